The molecule has 0 aliphatic carbocycles. The third-order valence-electron chi connectivity index (χ3n) is 6.18. The number of anilines is 1. The van der Waals surface area contributed by atoms with Crippen LogP contribution in [-0.2, 0) is 9.68 Å². The lowest BCUT2D eigenvalue weighted by atomic mass is 9.80. The van der Waals surface area contributed by atoms with Gasteiger partial charge < -0.3 is 30.7 Å². The average Bonchev–Trinajstić information content (AvgIpc) is 2.90. The minimum atomic E-state index is -1.12. The van der Waals surface area contributed by atoms with Crippen molar-refractivity contribution in [3.8, 4) is 17.2 Å². The number of aromatic hydroxyl groups is 1. The van der Waals surface area contributed by atoms with Crippen LogP contribution >= 0.6 is 12.2 Å². The molecule has 4 rings (SSSR count). The van der Waals surface area contributed by atoms with Gasteiger partial charge in [0.05, 0.1) is 18.7 Å². The number of hydrogen-bond donors (Lipinski definition) is 6. The topological polar surface area (TPSA) is 161 Å². The van der Waals surface area contributed by atoms with E-state index in [1.165, 1.54) is 18.2 Å². The Kier molecular flexibility index (Phi) is 8.94. The summed E-state index contributed by atoms with van der Waals surface area (Å²) in [7, 11) is 0. The van der Waals surface area contributed by atoms with Crippen LogP contribution in [0.1, 0.15) is 33.0 Å². The Morgan fingerprint density at radius 2 is 1.72 bits per heavy atom. The largest absolute Gasteiger partial charge is 0.508 e. The Bertz CT molecular complexity index is 1380. The summed E-state index contributed by atoms with van der Waals surface area (Å²) in [6, 6.07) is 17.1. The number of fused-ring (bicyclic) bond motifs is 2. The van der Waals surface area contributed by atoms with Gasteiger partial charge in [0.2, 0.25) is 0 Å². The second-order valence-electron chi connectivity index (χ2n) is 8.79. The number of carboxylic acids is 2. The second-order valence-corrected chi connectivity index (χ2v) is 9.19. The van der Waals surface area contributed by atoms with E-state index in [1.807, 2.05) is 18.2 Å². The standard InChI is InChI=1S/C27H27N3O8S/c31-17-6-8-20-23(14-17)38-22-4-2-1-3-19(22)25(20)18-7-5-16(13-21(18)26(34)35)29-27(39)28-9-10-30(11-12-37-36)15-24(32)33/h1-8,13-14,25,31,36H,9-12,15H2,(H,32,33)(H,34,35)(H2,28,29,39). The molecule has 0 aromatic heterocycles. The van der Waals surface area contributed by atoms with E-state index in [0.717, 1.165) is 11.1 Å². The van der Waals surface area contributed by atoms with E-state index in [2.05, 4.69) is 15.5 Å². The van der Waals surface area contributed by atoms with Crippen LogP contribution in [0.5, 0.6) is 17.2 Å². The molecule has 1 aliphatic heterocycles. The highest BCUT2D eigenvalue weighted by Gasteiger charge is 2.31. The number of hydrogen-bond acceptors (Lipinski definition) is 8. The van der Waals surface area contributed by atoms with Gasteiger partial charge in [-0.25, -0.2) is 9.68 Å². The fourth-order valence-corrected chi connectivity index (χ4v) is 4.71. The first kappa shape index (κ1) is 27.8. The number of thiocarbonyl (C=S) groups is 1. The van der Waals surface area contributed by atoms with Gasteiger partial charge in [-0.2, -0.15) is 0 Å². The zero-order chi connectivity index (χ0) is 27.9. The number of aliphatic carboxylic acids is 1. The van der Waals surface area contributed by atoms with Crippen molar-refractivity contribution in [1.82, 2.24) is 10.2 Å². The highest BCUT2D eigenvalue weighted by molar-refractivity contribution is 7.80. The fourth-order valence-electron chi connectivity index (χ4n) is 4.49. The number of ether oxygens (including phenoxy) is 1. The van der Waals surface area contributed by atoms with E-state index < -0.39 is 17.9 Å². The Morgan fingerprint density at radius 3 is 2.46 bits per heavy atom. The second kappa shape index (κ2) is 12.5. The van der Waals surface area contributed by atoms with Crippen molar-refractivity contribution < 1.29 is 39.8 Å². The van der Waals surface area contributed by atoms with Crippen LogP contribution < -0.4 is 15.4 Å². The van der Waals surface area contributed by atoms with Gasteiger partial charge in [0.25, 0.3) is 0 Å². The molecule has 0 bridgehead atoms. The number of carbonyl (C=O) groups is 2. The van der Waals surface area contributed by atoms with Gasteiger partial charge in [0, 0.05) is 48.4 Å². The molecule has 3 aromatic carbocycles. The molecule has 1 heterocycles. The molecule has 1 atom stereocenters. The molecule has 39 heavy (non-hydrogen) atoms. The van der Waals surface area contributed by atoms with E-state index in [4.69, 9.17) is 27.3 Å². The lowest BCUT2D eigenvalue weighted by Gasteiger charge is -2.29. The number of nitrogens with zero attached hydrogens (tertiary/aromatic N) is 1. The van der Waals surface area contributed by atoms with Crippen molar-refractivity contribution in [1.29, 1.82) is 0 Å². The molecular formula is C27H27N3O8S. The molecule has 12 heteroatoms. The fraction of sp³-hybridized carbons (Fsp3) is 0.222. The van der Waals surface area contributed by atoms with Gasteiger partial charge in [-0.1, -0.05) is 30.3 Å². The molecule has 3 aromatic rings. The lowest BCUT2D eigenvalue weighted by Crippen LogP contribution is -2.40. The number of aromatic carboxylic acids is 1. The zero-order valence-corrected chi connectivity index (χ0v) is 21.5. The summed E-state index contributed by atoms with van der Waals surface area (Å²) in [5.74, 6) is -1.51. The first-order valence-corrected chi connectivity index (χ1v) is 12.4. The molecule has 11 nitrogen and oxygen atoms in total. The van der Waals surface area contributed by atoms with Gasteiger partial charge >= 0.3 is 11.9 Å². The quantitative estimate of drug-likeness (QED) is 0.0912. The van der Waals surface area contributed by atoms with E-state index >= 15 is 0 Å². The van der Waals surface area contributed by atoms with Crippen molar-refractivity contribution in [2.24, 2.45) is 0 Å². The van der Waals surface area contributed by atoms with Crippen molar-refractivity contribution in [2.45, 2.75) is 5.92 Å². The zero-order valence-electron chi connectivity index (χ0n) is 20.7. The van der Waals surface area contributed by atoms with Crippen LogP contribution in [0.2, 0.25) is 0 Å². The van der Waals surface area contributed by atoms with E-state index in [9.17, 15) is 19.8 Å². The van der Waals surface area contributed by atoms with Crippen LogP contribution in [0, 0.1) is 0 Å². The lowest BCUT2D eigenvalue weighted by molar-refractivity contribution is -0.244. The Hall–Kier alpha value is -4.23. The third-order valence-corrected chi connectivity index (χ3v) is 6.43. The molecule has 0 amide bonds. The predicted molar refractivity (Wildman–Crippen MR) is 146 cm³/mol. The van der Waals surface area contributed by atoms with Gasteiger partial charge in [-0.15, -0.1) is 0 Å². The molecule has 0 radical (unpaired) electrons. The maximum absolute atomic E-state index is 12.4. The number of carboxylic acid groups (broad SMARTS) is 2. The van der Waals surface area contributed by atoms with Crippen LogP contribution in [-0.4, -0.2) is 75.3 Å². The van der Waals surface area contributed by atoms with Crippen LogP contribution in [0.4, 0.5) is 5.69 Å². The molecule has 0 saturated carbocycles. The van der Waals surface area contributed by atoms with E-state index in [-0.39, 0.29) is 36.1 Å². The summed E-state index contributed by atoms with van der Waals surface area (Å²) in [4.78, 5) is 29.0. The SMILES string of the molecule is O=C(O)CN(CCNC(=S)Nc1ccc(C2c3ccccc3Oc3cc(O)ccc32)c(C(=O)O)c1)CCOO. The Labute approximate surface area is 229 Å². The number of para-hydroxylation sites is 1. The number of phenolic OH excluding ortho intramolecular Hbond substituents is 1. The Morgan fingerprint density at radius 1 is 0.974 bits per heavy atom. The maximum atomic E-state index is 12.4. The van der Waals surface area contributed by atoms with Gasteiger partial charge in [-0.05, 0) is 42.0 Å². The monoisotopic (exact) mass is 553 g/mol. The summed E-state index contributed by atoms with van der Waals surface area (Å²) >= 11 is 5.34. The third kappa shape index (κ3) is 6.81. The summed E-state index contributed by atoms with van der Waals surface area (Å²) < 4.78 is 5.98. The van der Waals surface area contributed by atoms with Crippen molar-refractivity contribution >= 4 is 35.0 Å². The van der Waals surface area contributed by atoms with Crippen LogP contribution in [0.3, 0.4) is 0 Å². The molecule has 1 aliphatic rings. The first-order chi connectivity index (χ1) is 18.8. The summed E-state index contributed by atoms with van der Waals surface area (Å²) in [5.41, 5.74) is 2.60. The van der Waals surface area contributed by atoms with Crippen molar-refractivity contribution in [3.63, 3.8) is 0 Å². The van der Waals surface area contributed by atoms with Crippen LogP contribution in [0.15, 0.2) is 60.7 Å². The number of benzene rings is 3. The number of phenols is 1. The number of rotatable bonds is 11. The summed E-state index contributed by atoms with van der Waals surface area (Å²) in [6.45, 7) is 0.564. The molecule has 0 fully saturated rings. The molecule has 6 N–H and O–H groups in total. The van der Waals surface area contributed by atoms with Gasteiger partial charge in [0.15, 0.2) is 5.11 Å². The molecular weight excluding hydrogens is 526 g/mol. The molecule has 1 unspecified atom stereocenters. The highest BCUT2D eigenvalue weighted by atomic mass is 32.1. The minimum Gasteiger partial charge on any atom is -0.508 e. The maximum Gasteiger partial charge on any atom is 0.336 e. The van der Waals surface area contributed by atoms with E-state index in [0.29, 0.717) is 35.8 Å². The van der Waals surface area contributed by atoms with Crippen LogP contribution in [0.25, 0.3) is 0 Å². The van der Waals surface area contributed by atoms with Gasteiger partial charge in [-0.3, -0.25) is 15.0 Å². The smallest absolute Gasteiger partial charge is 0.336 e. The molecule has 204 valence electrons. The first-order valence-electron chi connectivity index (χ1n) is 12.0. The molecule has 0 saturated heterocycles. The average molecular weight is 554 g/mol. The normalized spacial score (nSPS) is 13.6. The molecule has 0 spiro atoms. The van der Waals surface area contributed by atoms with E-state index in [1.54, 1.807) is 29.2 Å². The van der Waals surface area contributed by atoms with Crippen molar-refractivity contribution in [3.05, 3.63) is 82.9 Å². The predicted octanol–water partition coefficient (Wildman–Crippen LogP) is 3.54. The summed E-state index contributed by atoms with van der Waals surface area (Å²) in [5, 5.41) is 43.8. The summed E-state index contributed by atoms with van der Waals surface area (Å²) in [6.07, 6.45) is 0. The number of nitrogens with one attached hydrogen (secondary N) is 2. The Balaban J connectivity index is 1.53. The minimum absolute atomic E-state index is 0.0382. The highest BCUT2D eigenvalue weighted by Crippen LogP contribution is 2.49. The van der Waals surface area contributed by atoms with Gasteiger partial charge in [0.1, 0.15) is 17.2 Å². The van der Waals surface area contributed by atoms with Crippen molar-refractivity contribution in [2.75, 3.05) is 38.1 Å².